The first kappa shape index (κ1) is 18.9. The van der Waals surface area contributed by atoms with Crippen LogP contribution in [-0.2, 0) is 5.75 Å². The van der Waals surface area contributed by atoms with Crippen molar-refractivity contribution in [2.75, 3.05) is 19.4 Å². The van der Waals surface area contributed by atoms with Gasteiger partial charge in [0.15, 0.2) is 11.6 Å². The van der Waals surface area contributed by atoms with Gasteiger partial charge in [0, 0.05) is 23.6 Å². The molecule has 2 rings (SSSR count). The molecule has 0 unspecified atom stereocenters. The number of thioether (sulfide) groups is 1. The molecule has 128 valence electrons. The smallest absolute Gasteiger partial charge is 0.251 e. The lowest BCUT2D eigenvalue weighted by atomic mass is 10.2. The number of hydrogen-bond donors (Lipinski definition) is 1. The van der Waals surface area contributed by atoms with Gasteiger partial charge in [-0.15, -0.1) is 0 Å². The van der Waals surface area contributed by atoms with Crippen molar-refractivity contribution in [3.8, 4) is 5.75 Å². The summed E-state index contributed by atoms with van der Waals surface area (Å²) in [5.41, 5.74) is 1.33. The van der Waals surface area contributed by atoms with Gasteiger partial charge < -0.3 is 10.1 Å². The highest BCUT2D eigenvalue weighted by atomic mass is 35.5. The zero-order valence-corrected chi connectivity index (χ0v) is 15.3. The summed E-state index contributed by atoms with van der Waals surface area (Å²) < 4.78 is 18.4. The molecule has 1 amide bonds. The number of hydrogen-bond acceptors (Lipinski definition) is 3. The van der Waals surface area contributed by atoms with Crippen molar-refractivity contribution >= 4 is 40.9 Å². The average molecular weight is 388 g/mol. The third-order valence-electron chi connectivity index (χ3n) is 3.20. The minimum atomic E-state index is -0.556. The van der Waals surface area contributed by atoms with Gasteiger partial charge in [-0.25, -0.2) is 4.39 Å². The molecule has 0 saturated heterocycles. The molecular formula is C17H16Cl2FNO2S. The number of carbonyl (C=O) groups excluding carboxylic acids is 1. The van der Waals surface area contributed by atoms with E-state index in [1.54, 1.807) is 17.8 Å². The highest BCUT2D eigenvalue weighted by molar-refractivity contribution is 7.98. The van der Waals surface area contributed by atoms with E-state index in [9.17, 15) is 9.18 Å². The Balaban J connectivity index is 1.74. The lowest BCUT2D eigenvalue weighted by Gasteiger charge is -2.07. The summed E-state index contributed by atoms with van der Waals surface area (Å²) in [6, 6.07) is 9.63. The highest BCUT2D eigenvalue weighted by Gasteiger charge is 2.09. The van der Waals surface area contributed by atoms with Gasteiger partial charge in [0.2, 0.25) is 0 Å². The van der Waals surface area contributed by atoms with Crippen molar-refractivity contribution in [1.29, 1.82) is 0 Å². The van der Waals surface area contributed by atoms with E-state index in [4.69, 9.17) is 27.9 Å². The summed E-state index contributed by atoms with van der Waals surface area (Å²) >= 11 is 13.5. The standard InChI is InChI=1S/C17H16Cl2FNO2S/c1-23-16-5-3-12(9-15(16)20)17(22)21-6-7-24-10-11-2-4-13(18)14(19)8-11/h2-5,8-9H,6-7,10H2,1H3,(H,21,22). The minimum absolute atomic E-state index is 0.115. The fraction of sp³-hybridized carbons (Fsp3) is 0.235. The zero-order valence-electron chi connectivity index (χ0n) is 12.9. The van der Waals surface area contributed by atoms with Crippen LogP contribution in [0.1, 0.15) is 15.9 Å². The van der Waals surface area contributed by atoms with E-state index in [2.05, 4.69) is 5.32 Å². The Hall–Kier alpha value is -1.43. The first-order valence-electron chi connectivity index (χ1n) is 7.14. The summed E-state index contributed by atoms with van der Waals surface area (Å²) in [6.07, 6.45) is 0. The summed E-state index contributed by atoms with van der Waals surface area (Å²) in [4.78, 5) is 12.0. The normalized spacial score (nSPS) is 10.5. The Morgan fingerprint density at radius 3 is 2.67 bits per heavy atom. The monoisotopic (exact) mass is 387 g/mol. The summed E-state index contributed by atoms with van der Waals surface area (Å²) in [5.74, 6) is 0.740. The van der Waals surface area contributed by atoms with Gasteiger partial charge in [-0.2, -0.15) is 11.8 Å². The Bertz CT molecular complexity index is 728. The molecule has 1 N–H and O–H groups in total. The maximum atomic E-state index is 13.6. The number of ether oxygens (including phenoxy) is 1. The van der Waals surface area contributed by atoms with Gasteiger partial charge in [-0.1, -0.05) is 29.3 Å². The average Bonchev–Trinajstić information content (AvgIpc) is 2.57. The van der Waals surface area contributed by atoms with E-state index in [1.165, 1.54) is 19.2 Å². The summed E-state index contributed by atoms with van der Waals surface area (Å²) in [6.45, 7) is 0.485. The number of benzene rings is 2. The Morgan fingerprint density at radius 1 is 1.21 bits per heavy atom. The maximum Gasteiger partial charge on any atom is 0.251 e. The van der Waals surface area contributed by atoms with Crippen molar-refractivity contribution in [2.24, 2.45) is 0 Å². The summed E-state index contributed by atoms with van der Waals surface area (Å²) in [7, 11) is 1.38. The second kappa shape index (κ2) is 9.16. The van der Waals surface area contributed by atoms with Gasteiger partial charge in [0.05, 0.1) is 17.2 Å². The molecule has 0 aliphatic carbocycles. The molecule has 0 fully saturated rings. The first-order chi connectivity index (χ1) is 11.5. The van der Waals surface area contributed by atoms with Crippen LogP contribution in [-0.4, -0.2) is 25.3 Å². The van der Waals surface area contributed by atoms with Crippen LogP contribution in [0.4, 0.5) is 4.39 Å². The molecule has 7 heteroatoms. The van der Waals surface area contributed by atoms with Crippen molar-refractivity contribution in [2.45, 2.75) is 5.75 Å². The Morgan fingerprint density at radius 2 is 2.00 bits per heavy atom. The fourth-order valence-electron chi connectivity index (χ4n) is 1.97. The molecule has 0 atom stereocenters. The second-order valence-corrected chi connectivity index (χ2v) is 6.83. The fourth-order valence-corrected chi connectivity index (χ4v) is 3.09. The number of methoxy groups -OCH3 is 1. The molecule has 0 aliphatic rings. The van der Waals surface area contributed by atoms with Crippen LogP contribution in [0.2, 0.25) is 10.0 Å². The molecular weight excluding hydrogens is 372 g/mol. The summed E-state index contributed by atoms with van der Waals surface area (Å²) in [5, 5.41) is 3.82. The van der Waals surface area contributed by atoms with Gasteiger partial charge in [0.25, 0.3) is 5.91 Å². The van der Waals surface area contributed by atoms with Crippen LogP contribution in [0.3, 0.4) is 0 Å². The number of carbonyl (C=O) groups is 1. The third kappa shape index (κ3) is 5.30. The van der Waals surface area contributed by atoms with Crippen molar-refractivity contribution in [3.63, 3.8) is 0 Å². The van der Waals surface area contributed by atoms with Crippen molar-refractivity contribution in [3.05, 3.63) is 63.4 Å². The number of amides is 1. The van der Waals surface area contributed by atoms with Crippen LogP contribution in [0.15, 0.2) is 36.4 Å². The third-order valence-corrected chi connectivity index (χ3v) is 4.97. The molecule has 0 aliphatic heterocycles. The van der Waals surface area contributed by atoms with Gasteiger partial charge in [0.1, 0.15) is 0 Å². The van der Waals surface area contributed by atoms with Crippen LogP contribution < -0.4 is 10.1 Å². The SMILES string of the molecule is COc1ccc(C(=O)NCCSCc2ccc(Cl)c(Cl)c2)cc1F. The first-order valence-corrected chi connectivity index (χ1v) is 9.05. The van der Waals surface area contributed by atoms with Gasteiger partial charge in [-0.3, -0.25) is 4.79 Å². The van der Waals surface area contributed by atoms with Crippen LogP contribution in [0.5, 0.6) is 5.75 Å². The molecule has 0 aromatic heterocycles. The quantitative estimate of drug-likeness (QED) is 0.693. The van der Waals surface area contributed by atoms with E-state index >= 15 is 0 Å². The lowest BCUT2D eigenvalue weighted by molar-refractivity contribution is 0.0955. The van der Waals surface area contributed by atoms with E-state index in [1.807, 2.05) is 12.1 Å². The molecule has 0 heterocycles. The number of nitrogens with one attached hydrogen (secondary N) is 1. The topological polar surface area (TPSA) is 38.3 Å². The van der Waals surface area contributed by atoms with E-state index in [0.717, 1.165) is 23.1 Å². The van der Waals surface area contributed by atoms with Crippen LogP contribution >= 0.6 is 35.0 Å². The molecule has 0 radical (unpaired) electrons. The van der Waals surface area contributed by atoms with Crippen molar-refractivity contribution < 1.29 is 13.9 Å². The highest BCUT2D eigenvalue weighted by Crippen LogP contribution is 2.24. The molecule has 3 nitrogen and oxygen atoms in total. The Labute approximate surface area is 154 Å². The Kier molecular flexibility index (Phi) is 7.21. The zero-order chi connectivity index (χ0) is 17.5. The van der Waals surface area contributed by atoms with Crippen LogP contribution in [0, 0.1) is 5.82 Å². The largest absolute Gasteiger partial charge is 0.494 e. The number of rotatable bonds is 7. The second-order valence-electron chi connectivity index (χ2n) is 4.91. The predicted octanol–water partition coefficient (Wildman–Crippen LogP) is 4.80. The lowest BCUT2D eigenvalue weighted by Crippen LogP contribution is -2.25. The minimum Gasteiger partial charge on any atom is -0.494 e. The van der Waals surface area contributed by atoms with Gasteiger partial charge in [-0.05, 0) is 35.9 Å². The van der Waals surface area contributed by atoms with Gasteiger partial charge >= 0.3 is 0 Å². The molecule has 0 saturated carbocycles. The molecule has 0 bridgehead atoms. The molecule has 24 heavy (non-hydrogen) atoms. The molecule has 2 aromatic carbocycles. The predicted molar refractivity (Wildman–Crippen MR) is 97.9 cm³/mol. The molecule has 0 spiro atoms. The van der Waals surface area contributed by atoms with Crippen molar-refractivity contribution in [1.82, 2.24) is 5.32 Å². The van der Waals surface area contributed by atoms with E-state index < -0.39 is 5.82 Å². The van der Waals surface area contributed by atoms with E-state index in [-0.39, 0.29) is 17.2 Å². The van der Waals surface area contributed by atoms with Crippen LogP contribution in [0.25, 0.3) is 0 Å². The molecule has 2 aromatic rings. The van der Waals surface area contributed by atoms with E-state index in [0.29, 0.717) is 16.6 Å². The maximum absolute atomic E-state index is 13.6. The number of halogens is 3.